The third kappa shape index (κ3) is 5.66. The van der Waals surface area contributed by atoms with Gasteiger partial charge in [-0.3, -0.25) is 0 Å². The van der Waals surface area contributed by atoms with E-state index in [1.165, 1.54) is 22.3 Å². The van der Waals surface area contributed by atoms with Crippen molar-refractivity contribution in [3.8, 4) is 11.5 Å². The molecular weight excluding hydrogens is 308 g/mol. The van der Waals surface area contributed by atoms with Crippen LogP contribution in [-0.2, 0) is 6.42 Å². The highest BCUT2D eigenvalue weighted by molar-refractivity contribution is 5.48. The van der Waals surface area contributed by atoms with E-state index in [9.17, 15) is 0 Å². The van der Waals surface area contributed by atoms with Crippen molar-refractivity contribution in [2.45, 2.75) is 78.7 Å². The van der Waals surface area contributed by atoms with Crippen LogP contribution in [0.2, 0.25) is 0 Å². The number of aryl methyl sites for hydroxylation is 2. The summed E-state index contributed by atoms with van der Waals surface area (Å²) in [5, 5.41) is 0. The minimum absolute atomic E-state index is 0.0664. The van der Waals surface area contributed by atoms with Crippen LogP contribution in [0.5, 0.6) is 11.5 Å². The average Bonchev–Trinajstić information content (AvgIpc) is 2.55. The van der Waals surface area contributed by atoms with Crippen LogP contribution in [0.1, 0.15) is 70.9 Å². The number of hydrogen-bond donors (Lipinski definition) is 0. The molecule has 1 aromatic rings. The fraction of sp³-hybridized carbons (Fsp3) is 0.565. The number of hydrogen-bond acceptors (Lipinski definition) is 2. The summed E-state index contributed by atoms with van der Waals surface area (Å²) in [6, 6.07) is 4.19. The standard InChI is InChI=1S/C23H34O2/c1-17(2)9-7-10-18(3)11-8-13-23(5)14-12-20-16-21(24-6)15-19(4)22(20)25-23/h9,11,15-16H,7-8,10,12-14H2,1-6H3/b18-11+/t23-/m1/s1. The number of fused-ring (bicyclic) bond motifs is 1. The number of rotatable bonds is 7. The van der Waals surface area contributed by atoms with Gasteiger partial charge in [0.05, 0.1) is 7.11 Å². The summed E-state index contributed by atoms with van der Waals surface area (Å²) in [6.45, 7) is 10.9. The van der Waals surface area contributed by atoms with Crippen molar-refractivity contribution in [1.29, 1.82) is 0 Å². The van der Waals surface area contributed by atoms with Gasteiger partial charge in [-0.2, -0.15) is 0 Å². The minimum Gasteiger partial charge on any atom is -0.497 e. The van der Waals surface area contributed by atoms with E-state index < -0.39 is 0 Å². The van der Waals surface area contributed by atoms with Crippen LogP contribution < -0.4 is 9.47 Å². The SMILES string of the molecule is COc1cc(C)c2c(c1)CC[C@@](C)(CC/C=C(\C)CCC=C(C)C)O2. The summed E-state index contributed by atoms with van der Waals surface area (Å²) in [5.41, 5.74) is 5.28. The predicted octanol–water partition coefficient (Wildman–Crippen LogP) is 6.56. The van der Waals surface area contributed by atoms with Crippen molar-refractivity contribution in [2.24, 2.45) is 0 Å². The van der Waals surface area contributed by atoms with E-state index in [1.807, 2.05) is 0 Å². The van der Waals surface area contributed by atoms with Gasteiger partial charge in [-0.25, -0.2) is 0 Å². The van der Waals surface area contributed by atoms with Crippen molar-refractivity contribution < 1.29 is 9.47 Å². The molecule has 0 aromatic heterocycles. The first-order valence-corrected chi connectivity index (χ1v) is 9.48. The summed E-state index contributed by atoms with van der Waals surface area (Å²) in [4.78, 5) is 0. The van der Waals surface area contributed by atoms with Gasteiger partial charge in [-0.1, -0.05) is 23.3 Å². The van der Waals surface area contributed by atoms with Crippen LogP contribution in [0, 0.1) is 6.92 Å². The lowest BCUT2D eigenvalue weighted by atomic mass is 9.87. The Labute approximate surface area is 153 Å². The molecule has 1 aliphatic heterocycles. The quantitative estimate of drug-likeness (QED) is 0.522. The maximum Gasteiger partial charge on any atom is 0.126 e. The van der Waals surface area contributed by atoms with Crippen molar-refractivity contribution >= 4 is 0 Å². The van der Waals surface area contributed by atoms with E-state index in [4.69, 9.17) is 9.47 Å². The van der Waals surface area contributed by atoms with Gasteiger partial charge in [0.15, 0.2) is 0 Å². The van der Waals surface area contributed by atoms with Gasteiger partial charge >= 0.3 is 0 Å². The molecule has 2 heteroatoms. The second-order valence-corrected chi connectivity index (χ2v) is 7.89. The van der Waals surface area contributed by atoms with E-state index in [-0.39, 0.29) is 5.60 Å². The van der Waals surface area contributed by atoms with Gasteiger partial charge < -0.3 is 9.47 Å². The second-order valence-electron chi connectivity index (χ2n) is 7.89. The largest absolute Gasteiger partial charge is 0.497 e. The van der Waals surface area contributed by atoms with Crippen LogP contribution in [-0.4, -0.2) is 12.7 Å². The summed E-state index contributed by atoms with van der Waals surface area (Å²) in [6.07, 6.45) is 11.3. The van der Waals surface area contributed by atoms with Crippen molar-refractivity contribution in [1.82, 2.24) is 0 Å². The molecule has 138 valence electrons. The molecule has 1 aromatic carbocycles. The molecule has 1 atom stereocenters. The monoisotopic (exact) mass is 342 g/mol. The smallest absolute Gasteiger partial charge is 0.126 e. The molecule has 0 saturated carbocycles. The Bertz CT molecular complexity index is 650. The fourth-order valence-electron chi connectivity index (χ4n) is 3.45. The van der Waals surface area contributed by atoms with Crippen LogP contribution in [0.25, 0.3) is 0 Å². The Balaban J connectivity index is 1.94. The molecule has 0 amide bonds. The zero-order chi connectivity index (χ0) is 18.4. The Kier molecular flexibility index (Phi) is 6.75. The first-order valence-electron chi connectivity index (χ1n) is 9.48. The van der Waals surface area contributed by atoms with E-state index in [0.29, 0.717) is 0 Å². The second kappa shape index (κ2) is 8.60. The first kappa shape index (κ1) is 19.6. The molecule has 0 spiro atoms. The Morgan fingerprint density at radius 2 is 1.96 bits per heavy atom. The highest BCUT2D eigenvalue weighted by atomic mass is 16.5. The Morgan fingerprint density at radius 3 is 2.64 bits per heavy atom. The third-order valence-corrected chi connectivity index (χ3v) is 5.09. The molecule has 25 heavy (non-hydrogen) atoms. The number of allylic oxidation sites excluding steroid dienone is 4. The molecule has 0 unspecified atom stereocenters. The van der Waals surface area contributed by atoms with E-state index in [1.54, 1.807) is 7.11 Å². The van der Waals surface area contributed by atoms with E-state index in [2.05, 4.69) is 58.9 Å². The first-order chi connectivity index (χ1) is 11.8. The number of benzene rings is 1. The third-order valence-electron chi connectivity index (χ3n) is 5.09. The highest BCUT2D eigenvalue weighted by Crippen LogP contribution is 2.40. The van der Waals surface area contributed by atoms with Crippen LogP contribution in [0.3, 0.4) is 0 Å². The van der Waals surface area contributed by atoms with Gasteiger partial charge in [0.1, 0.15) is 17.1 Å². The summed E-state index contributed by atoms with van der Waals surface area (Å²) < 4.78 is 11.8. The van der Waals surface area contributed by atoms with Crippen LogP contribution in [0.15, 0.2) is 35.4 Å². The Morgan fingerprint density at radius 1 is 1.20 bits per heavy atom. The predicted molar refractivity (Wildman–Crippen MR) is 107 cm³/mol. The molecule has 0 aliphatic carbocycles. The zero-order valence-electron chi connectivity index (χ0n) is 16.9. The maximum absolute atomic E-state index is 6.45. The van der Waals surface area contributed by atoms with E-state index in [0.717, 1.165) is 50.0 Å². The van der Waals surface area contributed by atoms with Gasteiger partial charge in [0.2, 0.25) is 0 Å². The summed E-state index contributed by atoms with van der Waals surface area (Å²) in [5.74, 6) is 2.00. The molecule has 0 radical (unpaired) electrons. The number of methoxy groups -OCH3 is 1. The van der Waals surface area contributed by atoms with Crippen LogP contribution in [0.4, 0.5) is 0 Å². The van der Waals surface area contributed by atoms with Gasteiger partial charge in [0, 0.05) is 0 Å². The van der Waals surface area contributed by atoms with E-state index >= 15 is 0 Å². The van der Waals surface area contributed by atoms with Crippen molar-refractivity contribution in [3.05, 3.63) is 46.6 Å². The van der Waals surface area contributed by atoms with Crippen molar-refractivity contribution in [2.75, 3.05) is 7.11 Å². The molecule has 0 fully saturated rings. The topological polar surface area (TPSA) is 18.5 Å². The fourth-order valence-corrected chi connectivity index (χ4v) is 3.45. The highest BCUT2D eigenvalue weighted by Gasteiger charge is 2.32. The maximum atomic E-state index is 6.45. The van der Waals surface area contributed by atoms with Gasteiger partial charge in [0.25, 0.3) is 0 Å². The van der Waals surface area contributed by atoms with Crippen molar-refractivity contribution in [3.63, 3.8) is 0 Å². The van der Waals surface area contributed by atoms with Crippen LogP contribution >= 0.6 is 0 Å². The number of ether oxygens (including phenoxy) is 2. The molecular formula is C23H34O2. The Hall–Kier alpha value is -1.70. The minimum atomic E-state index is -0.0664. The lowest BCUT2D eigenvalue weighted by molar-refractivity contribution is 0.0561. The van der Waals surface area contributed by atoms with Gasteiger partial charge in [-0.15, -0.1) is 0 Å². The molecule has 1 heterocycles. The average molecular weight is 343 g/mol. The molecule has 2 nitrogen and oxygen atoms in total. The molecule has 2 rings (SSSR count). The van der Waals surface area contributed by atoms with Gasteiger partial charge in [-0.05, 0) is 96.4 Å². The lowest BCUT2D eigenvalue weighted by Gasteiger charge is -2.37. The molecule has 0 saturated heterocycles. The molecule has 0 bridgehead atoms. The lowest BCUT2D eigenvalue weighted by Crippen LogP contribution is -2.36. The normalized spacial score (nSPS) is 19.8. The molecule has 0 N–H and O–H groups in total. The molecule has 1 aliphatic rings. The summed E-state index contributed by atoms with van der Waals surface area (Å²) in [7, 11) is 1.72. The summed E-state index contributed by atoms with van der Waals surface area (Å²) >= 11 is 0. The zero-order valence-corrected chi connectivity index (χ0v) is 16.9.